The highest BCUT2D eigenvalue weighted by molar-refractivity contribution is 9.10. The van der Waals surface area contributed by atoms with E-state index in [1.807, 2.05) is 0 Å². The maximum absolute atomic E-state index is 13.1. The van der Waals surface area contributed by atoms with Crippen LogP contribution in [0.1, 0.15) is 17.7 Å². The third-order valence-corrected chi connectivity index (χ3v) is 3.43. The zero-order chi connectivity index (χ0) is 13.8. The summed E-state index contributed by atoms with van der Waals surface area (Å²) in [6, 6.07) is 4.42. The molecular weight excluding hydrogens is 315 g/mol. The number of halogens is 2. The Labute approximate surface area is 118 Å². The summed E-state index contributed by atoms with van der Waals surface area (Å²) in [5.74, 6) is 0.0798. The zero-order valence-corrected chi connectivity index (χ0v) is 11.8. The molecule has 6 heteroatoms. The molecule has 0 atom stereocenters. The van der Waals surface area contributed by atoms with Crippen LogP contribution in [0.3, 0.4) is 0 Å². The molecule has 0 bridgehead atoms. The summed E-state index contributed by atoms with van der Waals surface area (Å²) in [4.78, 5) is 11.7. The molecule has 1 N–H and O–H groups in total. The Morgan fingerprint density at radius 3 is 3.00 bits per heavy atom. The predicted octanol–water partition coefficient (Wildman–Crippen LogP) is 3.46. The van der Waals surface area contributed by atoms with Gasteiger partial charge in [0, 0.05) is 10.9 Å². The standard InChI is InChI=1S/C13H12BrFN2O2/c1-8-12(7-16-19-8)17-13(18)5-2-9-6-10(15)3-4-11(9)14/h3-4,6-7H,2,5H2,1H3,(H,17,18). The molecule has 0 aliphatic carbocycles. The monoisotopic (exact) mass is 326 g/mol. The molecule has 1 aromatic heterocycles. The molecule has 0 saturated heterocycles. The zero-order valence-electron chi connectivity index (χ0n) is 10.2. The van der Waals surface area contributed by atoms with Gasteiger partial charge >= 0.3 is 0 Å². The number of nitrogens with zero attached hydrogens (tertiary/aromatic N) is 1. The number of nitrogens with one attached hydrogen (secondary N) is 1. The van der Waals surface area contributed by atoms with Crippen LogP contribution in [0.2, 0.25) is 0 Å². The average molecular weight is 327 g/mol. The Balaban J connectivity index is 1.93. The number of hydrogen-bond acceptors (Lipinski definition) is 3. The molecule has 0 spiro atoms. The largest absolute Gasteiger partial charge is 0.359 e. The first-order valence-electron chi connectivity index (χ1n) is 5.71. The number of carbonyl (C=O) groups is 1. The lowest BCUT2D eigenvalue weighted by Crippen LogP contribution is -2.12. The van der Waals surface area contributed by atoms with Gasteiger partial charge in [0.1, 0.15) is 11.5 Å². The van der Waals surface area contributed by atoms with Crippen LogP contribution in [-0.4, -0.2) is 11.1 Å². The van der Waals surface area contributed by atoms with Crippen molar-refractivity contribution in [1.29, 1.82) is 0 Å². The van der Waals surface area contributed by atoms with E-state index in [2.05, 4.69) is 26.4 Å². The molecule has 2 aromatic rings. The number of carbonyl (C=O) groups excluding carboxylic acids is 1. The number of aromatic nitrogens is 1. The molecule has 0 aliphatic heterocycles. The normalized spacial score (nSPS) is 10.5. The third kappa shape index (κ3) is 3.64. The average Bonchev–Trinajstić information content (AvgIpc) is 2.76. The van der Waals surface area contributed by atoms with Crippen molar-refractivity contribution in [2.75, 3.05) is 5.32 Å². The van der Waals surface area contributed by atoms with Gasteiger partial charge in [0.15, 0.2) is 5.76 Å². The molecule has 100 valence electrons. The topological polar surface area (TPSA) is 55.1 Å². The first kappa shape index (κ1) is 13.7. The highest BCUT2D eigenvalue weighted by atomic mass is 79.9. The van der Waals surface area contributed by atoms with E-state index in [1.165, 1.54) is 18.3 Å². The fraction of sp³-hybridized carbons (Fsp3) is 0.231. The molecule has 0 aliphatic rings. The first-order chi connectivity index (χ1) is 9.06. The van der Waals surface area contributed by atoms with E-state index in [-0.39, 0.29) is 18.1 Å². The smallest absolute Gasteiger partial charge is 0.224 e. The second-order valence-electron chi connectivity index (χ2n) is 4.08. The summed E-state index contributed by atoms with van der Waals surface area (Å²) in [6.45, 7) is 1.71. The van der Waals surface area contributed by atoms with Crippen LogP contribution >= 0.6 is 15.9 Å². The lowest BCUT2D eigenvalue weighted by atomic mass is 10.1. The lowest BCUT2D eigenvalue weighted by Gasteiger charge is -2.05. The summed E-state index contributed by atoms with van der Waals surface area (Å²) in [7, 11) is 0. The molecule has 0 fully saturated rings. The van der Waals surface area contributed by atoms with Gasteiger partial charge in [-0.3, -0.25) is 4.79 Å². The lowest BCUT2D eigenvalue weighted by molar-refractivity contribution is -0.116. The van der Waals surface area contributed by atoms with Crippen molar-refractivity contribution in [3.63, 3.8) is 0 Å². The molecular formula is C13H12BrFN2O2. The van der Waals surface area contributed by atoms with Crippen LogP contribution in [0, 0.1) is 12.7 Å². The Hall–Kier alpha value is -1.69. The Bertz CT molecular complexity index is 598. The molecule has 0 saturated carbocycles. The molecule has 1 heterocycles. The van der Waals surface area contributed by atoms with Crippen molar-refractivity contribution in [3.8, 4) is 0 Å². The van der Waals surface area contributed by atoms with Crippen LogP contribution in [0.5, 0.6) is 0 Å². The molecule has 2 rings (SSSR count). The van der Waals surface area contributed by atoms with Gasteiger partial charge in [-0.1, -0.05) is 21.1 Å². The maximum atomic E-state index is 13.1. The van der Waals surface area contributed by atoms with Gasteiger partial charge in [0.2, 0.25) is 5.91 Å². The van der Waals surface area contributed by atoms with E-state index in [1.54, 1.807) is 13.0 Å². The number of amides is 1. The van der Waals surface area contributed by atoms with Crippen molar-refractivity contribution in [1.82, 2.24) is 5.16 Å². The van der Waals surface area contributed by atoms with Crippen LogP contribution < -0.4 is 5.32 Å². The number of aryl methyl sites for hydroxylation is 2. The minimum atomic E-state index is -0.312. The highest BCUT2D eigenvalue weighted by Crippen LogP contribution is 2.20. The van der Waals surface area contributed by atoms with Crippen molar-refractivity contribution >= 4 is 27.5 Å². The summed E-state index contributed by atoms with van der Waals surface area (Å²) in [5.41, 5.74) is 1.32. The second-order valence-corrected chi connectivity index (χ2v) is 4.93. The first-order valence-corrected chi connectivity index (χ1v) is 6.50. The Kier molecular flexibility index (Phi) is 4.31. The molecule has 1 aromatic carbocycles. The Morgan fingerprint density at radius 1 is 1.53 bits per heavy atom. The fourth-order valence-electron chi connectivity index (χ4n) is 1.61. The van der Waals surface area contributed by atoms with E-state index in [4.69, 9.17) is 4.52 Å². The second kappa shape index (κ2) is 5.97. The number of benzene rings is 1. The minimum Gasteiger partial charge on any atom is -0.359 e. The van der Waals surface area contributed by atoms with E-state index in [0.717, 1.165) is 10.0 Å². The number of anilines is 1. The summed E-state index contributed by atoms with van der Waals surface area (Å²) >= 11 is 3.33. The summed E-state index contributed by atoms with van der Waals surface area (Å²) in [6.07, 6.45) is 2.16. The van der Waals surface area contributed by atoms with Gasteiger partial charge in [-0.2, -0.15) is 0 Å². The fourth-order valence-corrected chi connectivity index (χ4v) is 2.06. The predicted molar refractivity (Wildman–Crippen MR) is 72.3 cm³/mol. The van der Waals surface area contributed by atoms with Gasteiger partial charge < -0.3 is 9.84 Å². The van der Waals surface area contributed by atoms with Gasteiger partial charge in [-0.05, 0) is 37.1 Å². The summed E-state index contributed by atoms with van der Waals surface area (Å²) in [5, 5.41) is 6.26. The van der Waals surface area contributed by atoms with E-state index >= 15 is 0 Å². The van der Waals surface area contributed by atoms with Crippen molar-refractivity contribution in [3.05, 3.63) is 46.0 Å². The molecule has 4 nitrogen and oxygen atoms in total. The number of hydrogen-bond donors (Lipinski definition) is 1. The van der Waals surface area contributed by atoms with Crippen molar-refractivity contribution < 1.29 is 13.7 Å². The van der Waals surface area contributed by atoms with Gasteiger partial charge in [0.05, 0.1) is 6.20 Å². The van der Waals surface area contributed by atoms with E-state index in [0.29, 0.717) is 17.9 Å². The maximum Gasteiger partial charge on any atom is 0.224 e. The van der Waals surface area contributed by atoms with Crippen LogP contribution in [0.15, 0.2) is 33.4 Å². The summed E-state index contributed by atoms with van der Waals surface area (Å²) < 4.78 is 18.7. The molecule has 0 unspecified atom stereocenters. The van der Waals surface area contributed by atoms with Gasteiger partial charge in [-0.25, -0.2) is 4.39 Å². The minimum absolute atomic E-state index is 0.164. The van der Waals surface area contributed by atoms with Crippen LogP contribution in [0.25, 0.3) is 0 Å². The van der Waals surface area contributed by atoms with Crippen molar-refractivity contribution in [2.24, 2.45) is 0 Å². The SMILES string of the molecule is Cc1oncc1NC(=O)CCc1cc(F)ccc1Br. The highest BCUT2D eigenvalue weighted by Gasteiger charge is 2.09. The quantitative estimate of drug-likeness (QED) is 0.936. The van der Waals surface area contributed by atoms with E-state index in [9.17, 15) is 9.18 Å². The number of rotatable bonds is 4. The van der Waals surface area contributed by atoms with Crippen LogP contribution in [-0.2, 0) is 11.2 Å². The van der Waals surface area contributed by atoms with Crippen molar-refractivity contribution in [2.45, 2.75) is 19.8 Å². The molecule has 1 amide bonds. The van der Waals surface area contributed by atoms with Gasteiger partial charge in [0.25, 0.3) is 0 Å². The van der Waals surface area contributed by atoms with E-state index < -0.39 is 0 Å². The van der Waals surface area contributed by atoms with Gasteiger partial charge in [-0.15, -0.1) is 0 Å². The molecule has 19 heavy (non-hydrogen) atoms. The Morgan fingerprint density at radius 2 is 2.32 bits per heavy atom. The third-order valence-electron chi connectivity index (χ3n) is 2.65. The molecule has 0 radical (unpaired) electrons. The van der Waals surface area contributed by atoms with Crippen LogP contribution in [0.4, 0.5) is 10.1 Å².